The molecule has 6 nitrogen and oxygen atoms in total. The molecule has 3 aliphatic heterocycles. The fourth-order valence-corrected chi connectivity index (χ4v) is 6.03. The SMILES string of the molecule is CC1CNc2c(sc3ccc4nc(N5CCC6(CC5)CNC6)ccc4c23)C(=O)N1. The molecule has 1 aromatic carbocycles. The summed E-state index contributed by atoms with van der Waals surface area (Å²) in [4.78, 5) is 20.8. The topological polar surface area (TPSA) is 69.3 Å². The Bertz CT molecular complexity index is 1130. The first-order chi connectivity index (χ1) is 14.1. The highest BCUT2D eigenvalue weighted by Gasteiger charge is 2.39. The highest BCUT2D eigenvalue weighted by atomic mass is 32.1. The van der Waals surface area contributed by atoms with Crippen LogP contribution in [0.3, 0.4) is 0 Å². The monoisotopic (exact) mass is 407 g/mol. The van der Waals surface area contributed by atoms with E-state index in [1.165, 1.54) is 25.9 Å². The average molecular weight is 408 g/mol. The standard InChI is InChI=1S/C22H25N5OS/c1-13-10-24-19-18-14-2-5-17(27-8-6-22(7-9-27)11-23-12-22)26-15(14)3-4-16(18)29-20(19)21(28)25-13/h2-5,13,23-24H,6-12H2,1H3,(H,25,28). The van der Waals surface area contributed by atoms with Crippen LogP contribution in [0.4, 0.5) is 11.5 Å². The van der Waals surface area contributed by atoms with Gasteiger partial charge in [-0.05, 0) is 49.4 Å². The van der Waals surface area contributed by atoms with Crippen molar-refractivity contribution in [2.45, 2.75) is 25.8 Å². The molecule has 1 unspecified atom stereocenters. The van der Waals surface area contributed by atoms with Gasteiger partial charge in [0, 0.05) is 54.2 Å². The zero-order chi connectivity index (χ0) is 19.6. The highest BCUT2D eigenvalue weighted by Crippen LogP contribution is 2.42. The number of benzene rings is 1. The maximum atomic E-state index is 12.6. The van der Waals surface area contributed by atoms with Gasteiger partial charge in [0.1, 0.15) is 10.7 Å². The smallest absolute Gasteiger partial charge is 0.263 e. The summed E-state index contributed by atoms with van der Waals surface area (Å²) in [6, 6.07) is 8.67. The van der Waals surface area contributed by atoms with E-state index >= 15 is 0 Å². The summed E-state index contributed by atoms with van der Waals surface area (Å²) in [6.45, 7) is 7.26. The van der Waals surface area contributed by atoms with E-state index in [1.54, 1.807) is 11.3 Å². The zero-order valence-electron chi connectivity index (χ0n) is 16.5. The summed E-state index contributed by atoms with van der Waals surface area (Å²) in [6.07, 6.45) is 2.49. The number of amides is 1. The minimum Gasteiger partial charge on any atom is -0.381 e. The summed E-state index contributed by atoms with van der Waals surface area (Å²) in [5.41, 5.74) is 2.50. The minimum absolute atomic E-state index is 0.0177. The van der Waals surface area contributed by atoms with E-state index in [9.17, 15) is 4.79 Å². The lowest BCUT2D eigenvalue weighted by Crippen LogP contribution is -2.58. The van der Waals surface area contributed by atoms with E-state index in [0.29, 0.717) is 5.41 Å². The number of carbonyl (C=O) groups excluding carboxylic acids is 1. The predicted octanol–water partition coefficient (Wildman–Crippen LogP) is 3.18. The van der Waals surface area contributed by atoms with Gasteiger partial charge in [0.2, 0.25) is 0 Å². The lowest BCUT2D eigenvalue weighted by molar-refractivity contribution is 0.0949. The molecule has 2 saturated heterocycles. The van der Waals surface area contributed by atoms with Crippen LogP contribution < -0.4 is 20.9 Å². The lowest BCUT2D eigenvalue weighted by atomic mass is 9.73. The number of aromatic nitrogens is 1. The largest absolute Gasteiger partial charge is 0.381 e. The molecule has 3 aromatic rings. The molecule has 0 bridgehead atoms. The maximum Gasteiger partial charge on any atom is 0.263 e. The molecule has 0 radical (unpaired) electrons. The molecule has 1 amide bonds. The first kappa shape index (κ1) is 17.5. The van der Waals surface area contributed by atoms with Crippen molar-refractivity contribution in [3.63, 3.8) is 0 Å². The number of thiophene rings is 1. The first-order valence-electron chi connectivity index (χ1n) is 10.5. The molecule has 150 valence electrons. The van der Waals surface area contributed by atoms with Crippen molar-refractivity contribution in [2.75, 3.05) is 42.9 Å². The van der Waals surface area contributed by atoms with E-state index in [2.05, 4.69) is 45.1 Å². The van der Waals surface area contributed by atoms with Gasteiger partial charge in [-0.1, -0.05) is 0 Å². The molecule has 1 atom stereocenters. The fourth-order valence-electron chi connectivity index (χ4n) is 4.93. The zero-order valence-corrected chi connectivity index (χ0v) is 17.4. The maximum absolute atomic E-state index is 12.6. The Kier molecular flexibility index (Phi) is 3.80. The van der Waals surface area contributed by atoms with Crippen molar-refractivity contribution >= 4 is 49.7 Å². The molecular weight excluding hydrogens is 382 g/mol. The highest BCUT2D eigenvalue weighted by molar-refractivity contribution is 7.21. The van der Waals surface area contributed by atoms with Gasteiger partial charge in [0.15, 0.2) is 0 Å². The van der Waals surface area contributed by atoms with Gasteiger partial charge >= 0.3 is 0 Å². The van der Waals surface area contributed by atoms with Crippen LogP contribution >= 0.6 is 11.3 Å². The number of carbonyl (C=O) groups is 1. The third-order valence-corrected chi connectivity index (χ3v) is 7.98. The average Bonchev–Trinajstić information content (AvgIpc) is 3.03. The van der Waals surface area contributed by atoms with E-state index in [4.69, 9.17) is 4.98 Å². The molecule has 6 rings (SSSR count). The van der Waals surface area contributed by atoms with E-state index in [0.717, 1.165) is 57.0 Å². The first-order valence-corrected chi connectivity index (χ1v) is 11.3. The summed E-state index contributed by atoms with van der Waals surface area (Å²) in [5, 5.41) is 12.2. The van der Waals surface area contributed by atoms with Crippen LogP contribution in [-0.2, 0) is 0 Å². The number of hydrogen-bond acceptors (Lipinski definition) is 6. The molecule has 7 heteroatoms. The molecule has 3 aliphatic rings. The van der Waals surface area contributed by atoms with Crippen LogP contribution in [0.2, 0.25) is 0 Å². The Morgan fingerprint density at radius 3 is 2.76 bits per heavy atom. The Morgan fingerprint density at radius 1 is 1.17 bits per heavy atom. The van der Waals surface area contributed by atoms with E-state index in [1.807, 2.05) is 6.92 Å². The summed E-state index contributed by atoms with van der Waals surface area (Å²) in [7, 11) is 0. The lowest BCUT2D eigenvalue weighted by Gasteiger charge is -2.48. The Labute approximate surface area is 173 Å². The number of fused-ring (bicyclic) bond motifs is 5. The number of nitrogens with zero attached hydrogens (tertiary/aromatic N) is 2. The van der Waals surface area contributed by atoms with Crippen molar-refractivity contribution in [3.05, 3.63) is 29.1 Å². The van der Waals surface area contributed by atoms with Crippen molar-refractivity contribution in [3.8, 4) is 0 Å². The van der Waals surface area contributed by atoms with Crippen LogP contribution in [0.1, 0.15) is 29.4 Å². The Hall–Kier alpha value is -2.38. The third-order valence-electron chi connectivity index (χ3n) is 6.82. The van der Waals surface area contributed by atoms with Gasteiger partial charge in [0.25, 0.3) is 5.91 Å². The van der Waals surface area contributed by atoms with Crippen LogP contribution in [0.15, 0.2) is 24.3 Å². The predicted molar refractivity (Wildman–Crippen MR) is 119 cm³/mol. The van der Waals surface area contributed by atoms with Gasteiger partial charge in [-0.3, -0.25) is 4.79 Å². The van der Waals surface area contributed by atoms with Crippen molar-refractivity contribution < 1.29 is 4.79 Å². The number of hydrogen-bond donors (Lipinski definition) is 3. The molecule has 29 heavy (non-hydrogen) atoms. The van der Waals surface area contributed by atoms with Crippen molar-refractivity contribution in [2.24, 2.45) is 5.41 Å². The second-order valence-electron chi connectivity index (χ2n) is 8.83. The molecule has 0 aliphatic carbocycles. The van der Waals surface area contributed by atoms with Gasteiger partial charge in [-0.25, -0.2) is 4.98 Å². The second-order valence-corrected chi connectivity index (χ2v) is 9.88. The Morgan fingerprint density at radius 2 is 2.00 bits per heavy atom. The molecule has 1 spiro atoms. The molecular formula is C22H25N5OS. The van der Waals surface area contributed by atoms with Gasteiger partial charge in [-0.15, -0.1) is 11.3 Å². The molecule has 0 saturated carbocycles. The fraction of sp³-hybridized carbons (Fsp3) is 0.455. The number of pyridine rings is 1. The number of rotatable bonds is 1. The molecule has 5 heterocycles. The van der Waals surface area contributed by atoms with Gasteiger partial charge in [0.05, 0.1) is 11.2 Å². The minimum atomic E-state index is 0.0177. The van der Waals surface area contributed by atoms with Crippen LogP contribution in [0.5, 0.6) is 0 Å². The van der Waals surface area contributed by atoms with Crippen LogP contribution in [-0.4, -0.2) is 49.7 Å². The third kappa shape index (κ3) is 2.71. The molecule has 2 fully saturated rings. The second kappa shape index (κ2) is 6.31. The normalized spacial score (nSPS) is 23.4. The summed E-state index contributed by atoms with van der Waals surface area (Å²) in [5.74, 6) is 1.09. The van der Waals surface area contributed by atoms with Gasteiger partial charge in [-0.2, -0.15) is 0 Å². The van der Waals surface area contributed by atoms with E-state index in [-0.39, 0.29) is 11.9 Å². The van der Waals surface area contributed by atoms with Crippen molar-refractivity contribution in [1.82, 2.24) is 15.6 Å². The van der Waals surface area contributed by atoms with Crippen LogP contribution in [0, 0.1) is 5.41 Å². The van der Waals surface area contributed by atoms with Gasteiger partial charge < -0.3 is 20.9 Å². The summed E-state index contributed by atoms with van der Waals surface area (Å²) < 4.78 is 1.13. The molecule has 2 aromatic heterocycles. The van der Waals surface area contributed by atoms with E-state index < -0.39 is 0 Å². The Balaban J connectivity index is 1.39. The number of anilines is 2. The summed E-state index contributed by atoms with van der Waals surface area (Å²) >= 11 is 1.56. The van der Waals surface area contributed by atoms with Crippen molar-refractivity contribution in [1.29, 1.82) is 0 Å². The number of piperidine rings is 1. The van der Waals surface area contributed by atoms with Crippen LogP contribution in [0.25, 0.3) is 21.0 Å². The number of nitrogens with one attached hydrogen (secondary N) is 3. The quantitative estimate of drug-likeness (QED) is 0.578. The molecule has 3 N–H and O–H groups in total.